The van der Waals surface area contributed by atoms with Crippen LogP contribution in [0.4, 0.5) is 9.59 Å². The molecule has 1 aromatic rings. The van der Waals surface area contributed by atoms with Crippen molar-refractivity contribution in [2.45, 2.75) is 52.2 Å². The van der Waals surface area contributed by atoms with E-state index in [9.17, 15) is 18.0 Å². The van der Waals surface area contributed by atoms with Crippen LogP contribution in [-0.2, 0) is 25.9 Å². The zero-order chi connectivity index (χ0) is 21.8. The highest BCUT2D eigenvalue weighted by molar-refractivity contribution is 7.91. The lowest BCUT2D eigenvalue weighted by molar-refractivity contribution is 0.0527. The van der Waals surface area contributed by atoms with Crippen LogP contribution in [-0.4, -0.2) is 50.8 Å². The van der Waals surface area contributed by atoms with Crippen molar-refractivity contribution in [2.75, 3.05) is 24.6 Å². The summed E-state index contributed by atoms with van der Waals surface area (Å²) < 4.78 is 34.2. The van der Waals surface area contributed by atoms with Gasteiger partial charge in [0.25, 0.3) is 0 Å². The van der Waals surface area contributed by atoms with E-state index in [2.05, 4.69) is 10.6 Å². The molecule has 0 fully saturated rings. The van der Waals surface area contributed by atoms with Gasteiger partial charge < -0.3 is 20.1 Å². The molecule has 0 saturated heterocycles. The molecule has 1 rings (SSSR count). The summed E-state index contributed by atoms with van der Waals surface area (Å²) in [5.41, 5.74) is 0.321. The Kier molecular flexibility index (Phi) is 10.5. The first-order chi connectivity index (χ1) is 13.6. The van der Waals surface area contributed by atoms with E-state index in [-0.39, 0.29) is 24.7 Å². The van der Waals surface area contributed by atoms with E-state index in [0.29, 0.717) is 25.8 Å². The van der Waals surface area contributed by atoms with Gasteiger partial charge in [-0.1, -0.05) is 30.3 Å². The lowest BCUT2D eigenvalue weighted by Crippen LogP contribution is -2.33. The van der Waals surface area contributed by atoms with Crippen molar-refractivity contribution < 1.29 is 27.5 Å². The Bertz CT molecular complexity index is 729. The zero-order valence-corrected chi connectivity index (χ0v) is 18.2. The van der Waals surface area contributed by atoms with Gasteiger partial charge in [-0.15, -0.1) is 0 Å². The summed E-state index contributed by atoms with van der Waals surface area (Å²) in [6.07, 6.45) is 0.233. The maximum absolute atomic E-state index is 12.0. The third kappa shape index (κ3) is 13.5. The van der Waals surface area contributed by atoms with Crippen molar-refractivity contribution in [3.05, 3.63) is 35.9 Å². The highest BCUT2D eigenvalue weighted by atomic mass is 32.2. The number of carbonyl (C=O) groups is 2. The molecule has 0 bridgehead atoms. The predicted octanol–water partition coefficient (Wildman–Crippen LogP) is 3.02. The second-order valence-corrected chi connectivity index (χ2v) is 9.93. The summed E-state index contributed by atoms with van der Waals surface area (Å²) in [4.78, 5) is 23.1. The fourth-order valence-corrected chi connectivity index (χ4v) is 3.74. The van der Waals surface area contributed by atoms with Gasteiger partial charge in [-0.2, -0.15) is 0 Å². The van der Waals surface area contributed by atoms with Gasteiger partial charge in [-0.3, -0.25) is 0 Å². The van der Waals surface area contributed by atoms with Crippen molar-refractivity contribution >= 4 is 22.0 Å². The van der Waals surface area contributed by atoms with E-state index in [1.807, 2.05) is 30.3 Å². The van der Waals surface area contributed by atoms with Gasteiger partial charge in [-0.05, 0) is 45.6 Å². The average molecular weight is 429 g/mol. The molecule has 0 aliphatic rings. The highest BCUT2D eigenvalue weighted by Gasteiger charge is 2.16. The number of nitrogens with one attached hydrogen (secondary N) is 2. The first-order valence-corrected chi connectivity index (χ1v) is 11.5. The first-order valence-electron chi connectivity index (χ1n) is 9.69. The second kappa shape index (κ2) is 12.3. The quantitative estimate of drug-likeness (QED) is 0.524. The minimum atomic E-state index is -3.20. The number of alkyl carbamates (subject to hydrolysis) is 2. The number of ether oxygens (including phenoxy) is 2. The van der Waals surface area contributed by atoms with Crippen LogP contribution in [0.3, 0.4) is 0 Å². The molecule has 0 heterocycles. The summed E-state index contributed by atoms with van der Waals surface area (Å²) >= 11 is 0. The fraction of sp³-hybridized carbons (Fsp3) is 0.600. The molecule has 0 spiro atoms. The molecule has 0 unspecified atom stereocenters. The van der Waals surface area contributed by atoms with Crippen molar-refractivity contribution in [2.24, 2.45) is 0 Å². The number of hydrogen-bond donors (Lipinski definition) is 2. The number of rotatable bonds is 11. The summed E-state index contributed by atoms with van der Waals surface area (Å²) in [5.74, 6) is 0.0346. The number of benzene rings is 1. The molecule has 2 amide bonds. The van der Waals surface area contributed by atoms with Crippen LogP contribution in [0.2, 0.25) is 0 Å². The lowest BCUT2D eigenvalue weighted by Gasteiger charge is -2.19. The number of amides is 2. The normalized spacial score (nSPS) is 11.6. The molecule has 8 nitrogen and oxygen atoms in total. The maximum atomic E-state index is 12.0. The number of hydrogen-bond acceptors (Lipinski definition) is 6. The van der Waals surface area contributed by atoms with Gasteiger partial charge >= 0.3 is 12.2 Å². The van der Waals surface area contributed by atoms with E-state index < -0.39 is 27.6 Å². The van der Waals surface area contributed by atoms with Crippen molar-refractivity contribution in [1.29, 1.82) is 0 Å². The number of sulfone groups is 1. The van der Waals surface area contributed by atoms with Crippen molar-refractivity contribution in [3.8, 4) is 0 Å². The summed E-state index contributed by atoms with van der Waals surface area (Å²) in [6.45, 7) is 6.08. The number of carbonyl (C=O) groups excluding carboxylic acids is 2. The highest BCUT2D eigenvalue weighted by Crippen LogP contribution is 2.06. The third-order valence-electron chi connectivity index (χ3n) is 3.66. The molecule has 0 aliphatic heterocycles. The van der Waals surface area contributed by atoms with E-state index in [4.69, 9.17) is 9.47 Å². The Morgan fingerprint density at radius 3 is 2.14 bits per heavy atom. The maximum Gasteiger partial charge on any atom is 0.407 e. The Hall–Kier alpha value is -2.29. The Morgan fingerprint density at radius 2 is 1.48 bits per heavy atom. The van der Waals surface area contributed by atoms with Crippen LogP contribution < -0.4 is 10.6 Å². The Balaban J connectivity index is 2.08. The van der Waals surface area contributed by atoms with Gasteiger partial charge in [0.05, 0.1) is 11.5 Å². The summed E-state index contributed by atoms with van der Waals surface area (Å²) in [7, 11) is -3.20. The van der Waals surface area contributed by atoms with Crippen LogP contribution in [0.15, 0.2) is 30.3 Å². The van der Waals surface area contributed by atoms with Gasteiger partial charge in [0.1, 0.15) is 22.0 Å². The minimum absolute atomic E-state index is 0.00847. The molecule has 164 valence electrons. The minimum Gasteiger partial charge on any atom is -0.445 e. The van der Waals surface area contributed by atoms with Crippen LogP contribution in [0.1, 0.15) is 45.6 Å². The molecule has 0 aromatic heterocycles. The molecular weight excluding hydrogens is 396 g/mol. The summed E-state index contributed by atoms with van der Waals surface area (Å²) in [6, 6.07) is 9.29. The molecule has 29 heavy (non-hydrogen) atoms. The van der Waals surface area contributed by atoms with Gasteiger partial charge in [-0.25, -0.2) is 18.0 Å². The summed E-state index contributed by atoms with van der Waals surface area (Å²) in [5, 5.41) is 5.14. The van der Waals surface area contributed by atoms with E-state index in [0.717, 1.165) is 5.56 Å². The standard InChI is InChI=1S/C20H32N2O6S/c1-20(2,3)28-19(24)22-12-7-8-14-29(25,26)15-9-13-21-18(23)27-16-17-10-5-4-6-11-17/h4-6,10-11H,7-9,12-16H2,1-3H3,(H,21,23)(H,22,24). The largest absolute Gasteiger partial charge is 0.445 e. The van der Waals surface area contributed by atoms with Crippen molar-refractivity contribution in [1.82, 2.24) is 10.6 Å². The zero-order valence-electron chi connectivity index (χ0n) is 17.4. The SMILES string of the molecule is CC(C)(C)OC(=O)NCCCCS(=O)(=O)CCCNC(=O)OCc1ccccc1. The predicted molar refractivity (Wildman–Crippen MR) is 111 cm³/mol. The number of unbranched alkanes of at least 4 members (excludes halogenated alkanes) is 1. The van der Waals surface area contributed by atoms with Crippen molar-refractivity contribution in [3.63, 3.8) is 0 Å². The second-order valence-electron chi connectivity index (χ2n) is 7.63. The molecule has 1 aromatic carbocycles. The smallest absolute Gasteiger partial charge is 0.407 e. The Labute approximate surface area is 173 Å². The topological polar surface area (TPSA) is 111 Å². The molecule has 9 heteroatoms. The molecule has 0 radical (unpaired) electrons. The van der Waals surface area contributed by atoms with Gasteiger partial charge in [0, 0.05) is 13.1 Å². The van der Waals surface area contributed by atoms with Gasteiger partial charge in [0.2, 0.25) is 0 Å². The van der Waals surface area contributed by atoms with Crippen LogP contribution in [0.5, 0.6) is 0 Å². The molecular formula is C20H32N2O6S. The first kappa shape index (κ1) is 24.7. The van der Waals surface area contributed by atoms with E-state index in [1.165, 1.54) is 0 Å². The monoisotopic (exact) mass is 428 g/mol. The van der Waals surface area contributed by atoms with Crippen LogP contribution in [0, 0.1) is 0 Å². The molecule has 0 atom stereocenters. The van der Waals surface area contributed by atoms with Crippen LogP contribution >= 0.6 is 0 Å². The van der Waals surface area contributed by atoms with Crippen LogP contribution in [0.25, 0.3) is 0 Å². The average Bonchev–Trinajstić information content (AvgIpc) is 2.62. The van der Waals surface area contributed by atoms with Gasteiger partial charge in [0.15, 0.2) is 0 Å². The van der Waals surface area contributed by atoms with E-state index in [1.54, 1.807) is 20.8 Å². The molecule has 0 aliphatic carbocycles. The molecule has 2 N–H and O–H groups in total. The third-order valence-corrected chi connectivity index (χ3v) is 5.49. The van der Waals surface area contributed by atoms with E-state index >= 15 is 0 Å². The fourth-order valence-electron chi connectivity index (χ4n) is 2.31. The molecule has 0 saturated carbocycles. The Morgan fingerprint density at radius 1 is 0.897 bits per heavy atom. The lowest BCUT2D eigenvalue weighted by atomic mass is 10.2.